The summed E-state index contributed by atoms with van der Waals surface area (Å²) in [5, 5.41) is 8.99. The topological polar surface area (TPSA) is 3.24 Å². The van der Waals surface area contributed by atoms with Crippen molar-refractivity contribution in [2.45, 2.75) is 25.7 Å². The molecule has 0 amide bonds. The van der Waals surface area contributed by atoms with Crippen LogP contribution in [0.25, 0.3) is 5.57 Å². The molecule has 1 aromatic carbocycles. The van der Waals surface area contributed by atoms with Crippen LogP contribution < -0.4 is 0 Å². The van der Waals surface area contributed by atoms with Crippen molar-refractivity contribution in [2.24, 2.45) is 0 Å². The van der Waals surface area contributed by atoms with Crippen LogP contribution in [-0.4, -0.2) is 24.5 Å². The normalized spacial score (nSPS) is 15.3. The first-order chi connectivity index (χ1) is 12.9. The molecule has 0 aliphatic carbocycles. The van der Waals surface area contributed by atoms with E-state index < -0.39 is 0 Å². The molecule has 2 aromatic heterocycles. The van der Waals surface area contributed by atoms with Crippen molar-refractivity contribution in [2.75, 3.05) is 19.6 Å². The van der Waals surface area contributed by atoms with Gasteiger partial charge in [-0.15, -0.1) is 0 Å². The number of nitrogens with zero attached hydrogens (tertiary/aromatic N) is 1. The van der Waals surface area contributed by atoms with Crippen molar-refractivity contribution < 1.29 is 0 Å². The van der Waals surface area contributed by atoms with Crippen LogP contribution in [0.15, 0.2) is 69.6 Å². The molecule has 0 N–H and O–H groups in total. The Balaban J connectivity index is 1.38. The smallest absolute Gasteiger partial charge is 0.00190 e. The highest BCUT2D eigenvalue weighted by molar-refractivity contribution is 7.08. The fourth-order valence-electron chi connectivity index (χ4n) is 3.84. The van der Waals surface area contributed by atoms with E-state index in [1.165, 1.54) is 67.6 Å². The van der Waals surface area contributed by atoms with E-state index in [2.05, 4.69) is 68.9 Å². The van der Waals surface area contributed by atoms with E-state index in [0.717, 1.165) is 0 Å². The number of rotatable bonds is 6. The number of hydrogen-bond acceptors (Lipinski definition) is 3. The van der Waals surface area contributed by atoms with Gasteiger partial charge in [0.25, 0.3) is 0 Å². The van der Waals surface area contributed by atoms with Crippen molar-refractivity contribution in [1.82, 2.24) is 4.90 Å². The van der Waals surface area contributed by atoms with Crippen LogP contribution in [0.2, 0.25) is 0 Å². The molecule has 1 fully saturated rings. The standard InChI is InChI=1S/C23H25NS2/c1-2-5-19(6-3-1)7-4-12-24-13-8-20(9-14-24)23(21-10-15-25-17-21)22-11-16-26-18-22/h1-3,5-6,10-11,15-18H,4,7-9,12-14H2. The number of likely N-dealkylation sites (tertiary alicyclic amines) is 1. The summed E-state index contributed by atoms with van der Waals surface area (Å²) in [5.41, 5.74) is 7.40. The van der Waals surface area contributed by atoms with Gasteiger partial charge in [-0.05, 0) is 88.1 Å². The third kappa shape index (κ3) is 4.35. The van der Waals surface area contributed by atoms with Gasteiger partial charge >= 0.3 is 0 Å². The molecule has 3 heterocycles. The van der Waals surface area contributed by atoms with Crippen molar-refractivity contribution in [1.29, 1.82) is 0 Å². The molecular weight excluding hydrogens is 354 g/mol. The molecule has 0 saturated carbocycles. The molecule has 0 bridgehead atoms. The Morgan fingerprint density at radius 2 is 1.50 bits per heavy atom. The van der Waals surface area contributed by atoms with Crippen LogP contribution in [0.5, 0.6) is 0 Å². The minimum absolute atomic E-state index is 1.19. The summed E-state index contributed by atoms with van der Waals surface area (Å²) in [6.45, 7) is 3.61. The summed E-state index contributed by atoms with van der Waals surface area (Å²) in [5.74, 6) is 0. The fourth-order valence-corrected chi connectivity index (χ4v) is 5.13. The summed E-state index contributed by atoms with van der Waals surface area (Å²) < 4.78 is 0. The molecule has 134 valence electrons. The summed E-state index contributed by atoms with van der Waals surface area (Å²) in [6.07, 6.45) is 4.85. The number of benzene rings is 1. The fraction of sp³-hybridized carbons (Fsp3) is 0.304. The molecule has 0 atom stereocenters. The Morgan fingerprint density at radius 3 is 2.08 bits per heavy atom. The molecule has 1 saturated heterocycles. The van der Waals surface area contributed by atoms with Gasteiger partial charge in [-0.3, -0.25) is 0 Å². The van der Waals surface area contributed by atoms with Crippen LogP contribution in [0.3, 0.4) is 0 Å². The Hall–Kier alpha value is -1.68. The maximum atomic E-state index is 2.64. The molecule has 0 unspecified atom stereocenters. The highest BCUT2D eigenvalue weighted by Crippen LogP contribution is 2.34. The molecule has 1 nitrogen and oxygen atoms in total. The van der Waals surface area contributed by atoms with Crippen molar-refractivity contribution in [3.05, 3.63) is 86.2 Å². The first kappa shape index (κ1) is 17.7. The van der Waals surface area contributed by atoms with E-state index in [1.54, 1.807) is 28.2 Å². The number of thiophene rings is 2. The average Bonchev–Trinajstić information content (AvgIpc) is 3.39. The molecule has 4 rings (SSSR count). The van der Waals surface area contributed by atoms with Crippen LogP contribution >= 0.6 is 22.7 Å². The highest BCUT2D eigenvalue weighted by atomic mass is 32.1. The summed E-state index contributed by atoms with van der Waals surface area (Å²) in [4.78, 5) is 2.64. The Kier molecular flexibility index (Phi) is 6.00. The zero-order valence-electron chi connectivity index (χ0n) is 15.1. The van der Waals surface area contributed by atoms with Gasteiger partial charge < -0.3 is 4.90 Å². The predicted molar refractivity (Wildman–Crippen MR) is 115 cm³/mol. The maximum absolute atomic E-state index is 2.64. The minimum atomic E-state index is 1.19. The molecule has 3 aromatic rings. The summed E-state index contributed by atoms with van der Waals surface area (Å²) in [6, 6.07) is 15.4. The lowest BCUT2D eigenvalue weighted by Crippen LogP contribution is -2.32. The van der Waals surface area contributed by atoms with E-state index in [9.17, 15) is 0 Å². The molecule has 0 radical (unpaired) electrons. The van der Waals surface area contributed by atoms with E-state index in [0.29, 0.717) is 0 Å². The Bertz CT molecular complexity index is 770. The highest BCUT2D eigenvalue weighted by Gasteiger charge is 2.19. The van der Waals surface area contributed by atoms with Crippen LogP contribution in [-0.2, 0) is 6.42 Å². The van der Waals surface area contributed by atoms with Crippen molar-refractivity contribution in [3.63, 3.8) is 0 Å². The van der Waals surface area contributed by atoms with Gasteiger partial charge in [0.05, 0.1) is 0 Å². The SMILES string of the molecule is c1ccc(CCCN2CCC(=C(c3ccsc3)c3ccsc3)CC2)cc1. The van der Waals surface area contributed by atoms with Gasteiger partial charge in [-0.1, -0.05) is 35.9 Å². The second kappa shape index (κ2) is 8.81. The van der Waals surface area contributed by atoms with Gasteiger partial charge in [-0.25, -0.2) is 0 Å². The molecule has 3 heteroatoms. The van der Waals surface area contributed by atoms with Crippen molar-refractivity contribution >= 4 is 28.2 Å². The minimum Gasteiger partial charge on any atom is -0.303 e. The number of piperidine rings is 1. The number of aryl methyl sites for hydroxylation is 1. The molecule has 1 aliphatic rings. The zero-order chi connectivity index (χ0) is 17.6. The van der Waals surface area contributed by atoms with Gasteiger partial charge in [0.1, 0.15) is 0 Å². The second-order valence-corrected chi connectivity index (χ2v) is 8.49. The van der Waals surface area contributed by atoms with Gasteiger partial charge in [-0.2, -0.15) is 22.7 Å². The Morgan fingerprint density at radius 1 is 0.846 bits per heavy atom. The van der Waals surface area contributed by atoms with E-state index in [-0.39, 0.29) is 0 Å². The largest absolute Gasteiger partial charge is 0.303 e. The quantitative estimate of drug-likeness (QED) is 0.483. The predicted octanol–water partition coefficient (Wildman–Crippen LogP) is 6.34. The first-order valence-corrected chi connectivity index (χ1v) is 11.3. The molecule has 26 heavy (non-hydrogen) atoms. The molecule has 1 aliphatic heterocycles. The lowest BCUT2D eigenvalue weighted by Gasteiger charge is -2.30. The summed E-state index contributed by atoms with van der Waals surface area (Å²) in [7, 11) is 0. The second-order valence-electron chi connectivity index (χ2n) is 6.93. The van der Waals surface area contributed by atoms with E-state index >= 15 is 0 Å². The van der Waals surface area contributed by atoms with Crippen LogP contribution in [0.4, 0.5) is 0 Å². The molecular formula is C23H25NS2. The van der Waals surface area contributed by atoms with E-state index in [4.69, 9.17) is 0 Å². The monoisotopic (exact) mass is 379 g/mol. The van der Waals surface area contributed by atoms with Crippen molar-refractivity contribution in [3.8, 4) is 0 Å². The third-order valence-electron chi connectivity index (χ3n) is 5.22. The lowest BCUT2D eigenvalue weighted by molar-refractivity contribution is 0.254. The van der Waals surface area contributed by atoms with E-state index in [1.807, 2.05) is 0 Å². The Labute approximate surface area is 164 Å². The van der Waals surface area contributed by atoms with Gasteiger partial charge in [0.2, 0.25) is 0 Å². The average molecular weight is 380 g/mol. The van der Waals surface area contributed by atoms with Crippen LogP contribution in [0, 0.1) is 0 Å². The number of hydrogen-bond donors (Lipinski definition) is 0. The third-order valence-corrected chi connectivity index (χ3v) is 6.58. The first-order valence-electron chi connectivity index (χ1n) is 9.43. The van der Waals surface area contributed by atoms with Gasteiger partial charge in [0, 0.05) is 13.1 Å². The maximum Gasteiger partial charge on any atom is 0.00190 e. The van der Waals surface area contributed by atoms with Gasteiger partial charge in [0.15, 0.2) is 0 Å². The zero-order valence-corrected chi connectivity index (χ0v) is 16.7. The lowest BCUT2D eigenvalue weighted by atomic mass is 9.91. The molecule has 0 spiro atoms. The summed E-state index contributed by atoms with van der Waals surface area (Å²) >= 11 is 3.60. The van der Waals surface area contributed by atoms with Crippen LogP contribution in [0.1, 0.15) is 36.0 Å².